The summed E-state index contributed by atoms with van der Waals surface area (Å²) < 4.78 is 61.3. The lowest BCUT2D eigenvalue weighted by Crippen LogP contribution is -2.42. The van der Waals surface area contributed by atoms with E-state index in [4.69, 9.17) is 14.0 Å². The third-order valence-corrected chi connectivity index (χ3v) is 11.7. The van der Waals surface area contributed by atoms with E-state index in [0.717, 1.165) is 5.56 Å². The zero-order valence-electron chi connectivity index (χ0n) is 29.0. The Balaban J connectivity index is 2.49. The first-order chi connectivity index (χ1) is 21.2. The van der Waals surface area contributed by atoms with Crippen molar-refractivity contribution in [1.29, 1.82) is 0 Å². The molecule has 0 heterocycles. The molecule has 0 saturated heterocycles. The average molecular weight is 681 g/mol. The van der Waals surface area contributed by atoms with Crippen LogP contribution < -0.4 is 10.0 Å². The molecule has 0 aliphatic carbocycles. The van der Waals surface area contributed by atoms with Crippen molar-refractivity contribution in [2.75, 3.05) is 23.8 Å². The quantitative estimate of drug-likeness (QED) is 0.145. The maximum absolute atomic E-state index is 14.9. The van der Waals surface area contributed by atoms with Gasteiger partial charge in [-0.15, -0.1) is 0 Å². The second kappa shape index (κ2) is 16.4. The minimum Gasteiger partial charge on any atom is -0.459 e. The molecule has 3 unspecified atom stereocenters. The van der Waals surface area contributed by atoms with Crippen LogP contribution in [0.25, 0.3) is 0 Å². The van der Waals surface area contributed by atoms with Crippen LogP contribution in [0.15, 0.2) is 48.5 Å². The van der Waals surface area contributed by atoms with E-state index in [2.05, 4.69) is 10.0 Å². The summed E-state index contributed by atoms with van der Waals surface area (Å²) in [6, 6.07) is 14.7. The minimum atomic E-state index is -3.91. The van der Waals surface area contributed by atoms with Crippen LogP contribution in [0.1, 0.15) is 91.3 Å². The molecule has 0 aliphatic rings. The Morgan fingerprint density at radius 3 is 2.07 bits per heavy atom. The van der Waals surface area contributed by atoms with E-state index in [1.807, 2.05) is 30.3 Å². The monoisotopic (exact) mass is 680 g/mol. The Kier molecular flexibility index (Phi) is 14.1. The van der Waals surface area contributed by atoms with Gasteiger partial charge in [-0.1, -0.05) is 56.3 Å². The van der Waals surface area contributed by atoms with Crippen molar-refractivity contribution in [3.63, 3.8) is 0 Å². The second-order valence-corrected chi connectivity index (χ2v) is 18.3. The molecule has 0 saturated carbocycles. The van der Waals surface area contributed by atoms with Crippen molar-refractivity contribution in [3.05, 3.63) is 65.2 Å². The summed E-state index contributed by atoms with van der Waals surface area (Å²) in [4.78, 5) is 26.4. The summed E-state index contributed by atoms with van der Waals surface area (Å²) in [6.45, 7) is 17.4. The molecular formula is C34H53N2O8PS. The summed E-state index contributed by atoms with van der Waals surface area (Å²) in [6.07, 6.45) is -0.0318. The van der Waals surface area contributed by atoms with Crippen LogP contribution in [-0.4, -0.2) is 56.0 Å². The highest BCUT2D eigenvalue weighted by Crippen LogP contribution is 2.56. The molecule has 0 aliphatic heterocycles. The van der Waals surface area contributed by atoms with E-state index in [9.17, 15) is 22.6 Å². The topological polar surface area (TPSA) is 137 Å². The Morgan fingerprint density at radius 1 is 0.913 bits per heavy atom. The smallest absolute Gasteiger partial charge is 0.412 e. The van der Waals surface area contributed by atoms with Crippen LogP contribution in [0.5, 0.6) is 0 Å². The van der Waals surface area contributed by atoms with Crippen LogP contribution in [0.3, 0.4) is 0 Å². The SMILES string of the molecule is CCOP(=O)(CC(C(=O)OC(C)(C)C)c1cccc(NC(=O)OC(C)(C)C)c1C)C(NS(=O)(=O)CCCc1ccccc1)C(C)C. The summed E-state index contributed by atoms with van der Waals surface area (Å²) >= 11 is 0. The number of carbonyl (C=O) groups excluding carboxylic acids is 2. The molecule has 12 heteroatoms. The zero-order valence-corrected chi connectivity index (χ0v) is 30.7. The van der Waals surface area contributed by atoms with Crippen LogP contribution in [0, 0.1) is 12.8 Å². The maximum Gasteiger partial charge on any atom is 0.412 e. The Bertz CT molecular complexity index is 1460. The van der Waals surface area contributed by atoms with E-state index in [0.29, 0.717) is 29.7 Å². The number of sulfonamides is 1. The fourth-order valence-electron chi connectivity index (χ4n) is 5.00. The van der Waals surface area contributed by atoms with Crippen LogP contribution in [-0.2, 0) is 39.8 Å². The summed E-state index contributed by atoms with van der Waals surface area (Å²) in [5.41, 5.74) is 0.872. The molecule has 0 radical (unpaired) electrons. The standard InChI is InChI=1S/C34H53N2O8PS/c1-11-42-45(39,30(24(2)3)36-46(40,41)22-16-19-26-17-13-12-14-18-26)23-28(31(37)43-33(5,6)7)27-20-15-21-29(25(27)4)35-32(38)44-34(8,9)10/h12-15,17-18,20-21,24,28,30,36H,11,16,19,22-23H2,1-10H3,(H,35,38). The summed E-state index contributed by atoms with van der Waals surface area (Å²) in [5, 5.41) is 2.74. The normalized spacial score (nSPS) is 15.1. The van der Waals surface area contributed by atoms with Gasteiger partial charge in [-0.05, 0) is 96.9 Å². The molecule has 2 aromatic carbocycles. The van der Waals surface area contributed by atoms with E-state index in [-0.39, 0.29) is 18.5 Å². The number of esters is 1. The number of amides is 1. The van der Waals surface area contributed by atoms with Gasteiger partial charge in [0.05, 0.1) is 18.3 Å². The van der Waals surface area contributed by atoms with Gasteiger partial charge in [0.25, 0.3) is 0 Å². The van der Waals surface area contributed by atoms with Gasteiger partial charge in [-0.25, -0.2) is 17.9 Å². The van der Waals surface area contributed by atoms with Crippen LogP contribution in [0.2, 0.25) is 0 Å². The summed E-state index contributed by atoms with van der Waals surface area (Å²) in [5.74, 6) is -3.42. The number of anilines is 1. The van der Waals surface area contributed by atoms with Crippen molar-refractivity contribution in [3.8, 4) is 0 Å². The number of hydrogen-bond donors (Lipinski definition) is 2. The molecule has 3 atom stereocenters. The number of aryl methyl sites for hydroxylation is 1. The van der Waals surface area contributed by atoms with Gasteiger partial charge in [0.2, 0.25) is 17.4 Å². The molecule has 46 heavy (non-hydrogen) atoms. The number of carbonyl (C=O) groups is 2. The van der Waals surface area contributed by atoms with Gasteiger partial charge in [-0.3, -0.25) is 14.7 Å². The Morgan fingerprint density at radius 2 is 1.52 bits per heavy atom. The number of benzene rings is 2. The van der Waals surface area contributed by atoms with Crippen molar-refractivity contribution >= 4 is 35.1 Å². The fraction of sp³-hybridized carbons (Fsp3) is 0.588. The summed E-state index contributed by atoms with van der Waals surface area (Å²) in [7, 11) is -7.78. The van der Waals surface area contributed by atoms with Crippen molar-refractivity contribution in [2.45, 2.75) is 105 Å². The lowest BCUT2D eigenvalue weighted by Gasteiger charge is -2.34. The molecule has 2 aromatic rings. The third kappa shape index (κ3) is 12.8. The second-order valence-electron chi connectivity index (χ2n) is 13.8. The number of nitrogens with one attached hydrogen (secondary N) is 2. The highest BCUT2D eigenvalue weighted by Gasteiger charge is 2.44. The average Bonchev–Trinajstić information content (AvgIpc) is 2.90. The van der Waals surface area contributed by atoms with Crippen molar-refractivity contribution < 1.29 is 36.6 Å². The third-order valence-electron chi connectivity index (χ3n) is 6.94. The lowest BCUT2D eigenvalue weighted by molar-refractivity contribution is -0.156. The molecule has 0 bridgehead atoms. The van der Waals surface area contributed by atoms with Crippen LogP contribution in [0.4, 0.5) is 10.5 Å². The molecule has 2 rings (SSSR count). The molecule has 258 valence electrons. The predicted molar refractivity (Wildman–Crippen MR) is 184 cm³/mol. The lowest BCUT2D eigenvalue weighted by atomic mass is 9.95. The molecular weight excluding hydrogens is 627 g/mol. The van der Waals surface area contributed by atoms with E-state index < -0.39 is 58.3 Å². The first-order valence-corrected chi connectivity index (χ1v) is 19.3. The van der Waals surface area contributed by atoms with Gasteiger partial charge in [0, 0.05) is 11.8 Å². The first-order valence-electron chi connectivity index (χ1n) is 15.8. The van der Waals surface area contributed by atoms with Gasteiger partial charge in [-0.2, -0.15) is 0 Å². The molecule has 0 fully saturated rings. The minimum absolute atomic E-state index is 0.0382. The van der Waals surface area contributed by atoms with Crippen molar-refractivity contribution in [1.82, 2.24) is 4.72 Å². The Labute approximate surface area is 275 Å². The highest BCUT2D eigenvalue weighted by molar-refractivity contribution is 7.89. The van der Waals surface area contributed by atoms with Gasteiger partial charge in [0.15, 0.2) is 0 Å². The molecule has 0 spiro atoms. The fourth-order valence-corrected chi connectivity index (χ4v) is 10.1. The number of hydrogen-bond acceptors (Lipinski definition) is 8. The Hall–Kier alpha value is -2.72. The van der Waals surface area contributed by atoms with E-state index in [1.54, 1.807) is 87.4 Å². The molecule has 1 amide bonds. The van der Waals surface area contributed by atoms with Crippen LogP contribution >= 0.6 is 7.37 Å². The largest absolute Gasteiger partial charge is 0.459 e. The van der Waals surface area contributed by atoms with Gasteiger partial charge < -0.3 is 14.0 Å². The van der Waals surface area contributed by atoms with E-state index in [1.165, 1.54) is 0 Å². The van der Waals surface area contributed by atoms with Gasteiger partial charge in [0.1, 0.15) is 17.0 Å². The van der Waals surface area contributed by atoms with E-state index >= 15 is 0 Å². The number of rotatable bonds is 15. The maximum atomic E-state index is 14.9. The number of ether oxygens (including phenoxy) is 2. The molecule has 2 N–H and O–H groups in total. The van der Waals surface area contributed by atoms with Crippen molar-refractivity contribution in [2.24, 2.45) is 5.92 Å². The molecule has 10 nitrogen and oxygen atoms in total. The highest BCUT2D eigenvalue weighted by atomic mass is 32.2. The zero-order chi connectivity index (χ0) is 34.9. The first kappa shape index (κ1) is 39.5. The van der Waals surface area contributed by atoms with Gasteiger partial charge >= 0.3 is 12.1 Å². The predicted octanol–water partition coefficient (Wildman–Crippen LogP) is 7.62. The molecule has 0 aromatic heterocycles.